The number of nitrogens with two attached hydrogens (primary N) is 1. The van der Waals surface area contributed by atoms with Crippen LogP contribution >= 0.6 is 15.9 Å². The Kier molecular flexibility index (Phi) is 4.39. The van der Waals surface area contributed by atoms with E-state index >= 15 is 0 Å². The Morgan fingerprint density at radius 3 is 2.75 bits per heavy atom. The van der Waals surface area contributed by atoms with Gasteiger partial charge in [0, 0.05) is 36.2 Å². The number of halogens is 1. The van der Waals surface area contributed by atoms with Crippen molar-refractivity contribution in [3.8, 4) is 0 Å². The SMILES string of the molecule is NC[C@@H]1CN(Cc2cnc3ccc(Br)cn23)C[C@H]1c1ccccc1. The number of rotatable bonds is 4. The zero-order valence-corrected chi connectivity index (χ0v) is 15.1. The van der Waals surface area contributed by atoms with Gasteiger partial charge in [-0.3, -0.25) is 4.90 Å². The number of likely N-dealkylation sites (tertiary alicyclic amines) is 1. The third-order valence-electron chi connectivity index (χ3n) is 4.98. The number of imidazole rings is 1. The monoisotopic (exact) mass is 384 g/mol. The molecule has 0 amide bonds. The summed E-state index contributed by atoms with van der Waals surface area (Å²) in [5.41, 5.74) is 9.66. The van der Waals surface area contributed by atoms with Crippen molar-refractivity contribution in [2.75, 3.05) is 19.6 Å². The molecule has 3 heterocycles. The van der Waals surface area contributed by atoms with Crippen LogP contribution in [0.25, 0.3) is 5.65 Å². The second-order valence-corrected chi connectivity index (χ2v) is 7.45. The molecule has 1 fully saturated rings. The van der Waals surface area contributed by atoms with Gasteiger partial charge in [0.05, 0.1) is 11.9 Å². The highest BCUT2D eigenvalue weighted by Crippen LogP contribution is 2.32. The molecule has 0 saturated carbocycles. The van der Waals surface area contributed by atoms with Crippen molar-refractivity contribution in [3.05, 3.63) is 70.6 Å². The summed E-state index contributed by atoms with van der Waals surface area (Å²) >= 11 is 3.55. The molecule has 24 heavy (non-hydrogen) atoms. The average molecular weight is 385 g/mol. The quantitative estimate of drug-likeness (QED) is 0.750. The molecule has 1 saturated heterocycles. The van der Waals surface area contributed by atoms with Crippen LogP contribution in [0.2, 0.25) is 0 Å². The minimum Gasteiger partial charge on any atom is -0.330 e. The fraction of sp³-hybridized carbons (Fsp3) is 0.316. The first-order chi connectivity index (χ1) is 11.7. The number of hydrogen-bond donors (Lipinski definition) is 1. The third-order valence-corrected chi connectivity index (χ3v) is 5.45. The molecule has 0 bridgehead atoms. The third kappa shape index (κ3) is 2.99. The fourth-order valence-electron chi connectivity index (χ4n) is 3.76. The summed E-state index contributed by atoms with van der Waals surface area (Å²) in [6.45, 7) is 3.72. The van der Waals surface area contributed by atoms with Gasteiger partial charge in [-0.1, -0.05) is 30.3 Å². The minimum atomic E-state index is 0.512. The van der Waals surface area contributed by atoms with E-state index in [2.05, 4.69) is 66.7 Å². The molecule has 0 unspecified atom stereocenters. The van der Waals surface area contributed by atoms with E-state index in [1.807, 2.05) is 18.3 Å². The van der Waals surface area contributed by atoms with Crippen LogP contribution in [0, 0.1) is 5.92 Å². The number of fused-ring (bicyclic) bond motifs is 1. The van der Waals surface area contributed by atoms with Crippen LogP contribution in [-0.2, 0) is 6.54 Å². The lowest BCUT2D eigenvalue weighted by Gasteiger charge is -2.16. The molecule has 1 aliphatic rings. The van der Waals surface area contributed by atoms with Gasteiger partial charge in [0.25, 0.3) is 0 Å². The smallest absolute Gasteiger partial charge is 0.136 e. The van der Waals surface area contributed by atoms with E-state index in [4.69, 9.17) is 5.73 Å². The van der Waals surface area contributed by atoms with Crippen LogP contribution in [0.5, 0.6) is 0 Å². The maximum atomic E-state index is 6.06. The van der Waals surface area contributed by atoms with Gasteiger partial charge in [0.15, 0.2) is 0 Å². The van der Waals surface area contributed by atoms with Crippen LogP contribution in [0.3, 0.4) is 0 Å². The van der Waals surface area contributed by atoms with E-state index < -0.39 is 0 Å². The van der Waals surface area contributed by atoms with E-state index in [9.17, 15) is 0 Å². The highest BCUT2D eigenvalue weighted by atomic mass is 79.9. The Bertz CT molecular complexity index is 830. The molecule has 2 aromatic heterocycles. The first-order valence-electron chi connectivity index (χ1n) is 8.33. The summed E-state index contributed by atoms with van der Waals surface area (Å²) in [6.07, 6.45) is 4.07. The number of pyridine rings is 1. The Labute approximate surface area is 150 Å². The molecule has 4 rings (SSSR count). The van der Waals surface area contributed by atoms with Gasteiger partial charge in [-0.15, -0.1) is 0 Å². The summed E-state index contributed by atoms with van der Waals surface area (Å²) in [5.74, 6) is 1.03. The number of nitrogens with zero attached hydrogens (tertiary/aromatic N) is 3. The second-order valence-electron chi connectivity index (χ2n) is 6.53. The Morgan fingerprint density at radius 2 is 1.96 bits per heavy atom. The Morgan fingerprint density at radius 1 is 1.12 bits per heavy atom. The summed E-state index contributed by atoms with van der Waals surface area (Å²) in [7, 11) is 0. The molecule has 1 aliphatic heterocycles. The lowest BCUT2D eigenvalue weighted by Crippen LogP contribution is -2.23. The standard InChI is InChI=1S/C19H21BrN4/c20-16-6-7-19-22-9-17(24(19)11-16)12-23-10-15(8-21)18(13-23)14-4-2-1-3-5-14/h1-7,9,11,15,18H,8,10,12-13,21H2/t15-,18+/m1/s1. The van der Waals surface area contributed by atoms with Crippen molar-refractivity contribution in [1.82, 2.24) is 14.3 Å². The van der Waals surface area contributed by atoms with E-state index in [1.54, 1.807) is 0 Å². The van der Waals surface area contributed by atoms with Crippen molar-refractivity contribution >= 4 is 21.6 Å². The van der Waals surface area contributed by atoms with Crippen molar-refractivity contribution in [2.24, 2.45) is 11.7 Å². The molecular formula is C19H21BrN4. The maximum Gasteiger partial charge on any atom is 0.136 e. The van der Waals surface area contributed by atoms with Crippen molar-refractivity contribution in [3.63, 3.8) is 0 Å². The lowest BCUT2D eigenvalue weighted by atomic mass is 9.89. The van der Waals surface area contributed by atoms with E-state index in [-0.39, 0.29) is 0 Å². The second kappa shape index (κ2) is 6.67. The molecule has 0 aliphatic carbocycles. The predicted molar refractivity (Wildman–Crippen MR) is 99.9 cm³/mol. The minimum absolute atomic E-state index is 0.512. The molecule has 4 nitrogen and oxygen atoms in total. The molecule has 0 radical (unpaired) electrons. The topological polar surface area (TPSA) is 46.6 Å². The van der Waals surface area contributed by atoms with E-state index in [0.717, 1.165) is 36.3 Å². The average Bonchev–Trinajstić information content (AvgIpc) is 3.20. The zero-order chi connectivity index (χ0) is 16.5. The van der Waals surface area contributed by atoms with Crippen LogP contribution in [0.1, 0.15) is 17.2 Å². The van der Waals surface area contributed by atoms with Gasteiger partial charge in [0.2, 0.25) is 0 Å². The summed E-state index contributed by atoms with van der Waals surface area (Å²) < 4.78 is 3.23. The van der Waals surface area contributed by atoms with Crippen molar-refractivity contribution in [2.45, 2.75) is 12.5 Å². The van der Waals surface area contributed by atoms with E-state index in [0.29, 0.717) is 11.8 Å². The maximum absolute atomic E-state index is 6.06. The number of hydrogen-bond acceptors (Lipinski definition) is 3. The summed E-state index contributed by atoms with van der Waals surface area (Å²) in [5, 5.41) is 0. The predicted octanol–water partition coefficient (Wildman–Crippen LogP) is 3.27. The van der Waals surface area contributed by atoms with Crippen LogP contribution in [-0.4, -0.2) is 33.9 Å². The highest BCUT2D eigenvalue weighted by Gasteiger charge is 2.33. The molecule has 1 aromatic carbocycles. The van der Waals surface area contributed by atoms with Gasteiger partial charge in [-0.05, 0) is 46.1 Å². The van der Waals surface area contributed by atoms with Gasteiger partial charge in [-0.2, -0.15) is 0 Å². The van der Waals surface area contributed by atoms with Crippen LogP contribution in [0.15, 0.2) is 59.3 Å². The van der Waals surface area contributed by atoms with E-state index in [1.165, 1.54) is 11.3 Å². The number of benzene rings is 1. The molecule has 3 aromatic rings. The molecule has 124 valence electrons. The van der Waals surface area contributed by atoms with Crippen molar-refractivity contribution < 1.29 is 0 Å². The van der Waals surface area contributed by atoms with Gasteiger partial charge >= 0.3 is 0 Å². The van der Waals surface area contributed by atoms with Crippen LogP contribution < -0.4 is 5.73 Å². The zero-order valence-electron chi connectivity index (χ0n) is 13.5. The molecule has 2 atom stereocenters. The fourth-order valence-corrected chi connectivity index (χ4v) is 4.09. The summed E-state index contributed by atoms with van der Waals surface area (Å²) in [4.78, 5) is 7.01. The van der Waals surface area contributed by atoms with Crippen molar-refractivity contribution in [1.29, 1.82) is 0 Å². The first-order valence-corrected chi connectivity index (χ1v) is 9.13. The lowest BCUT2D eigenvalue weighted by molar-refractivity contribution is 0.312. The van der Waals surface area contributed by atoms with Gasteiger partial charge in [0.1, 0.15) is 5.65 Å². The summed E-state index contributed by atoms with van der Waals surface area (Å²) in [6, 6.07) is 14.8. The molecule has 0 spiro atoms. The Hall–Kier alpha value is -1.69. The molecule has 5 heteroatoms. The first kappa shape index (κ1) is 15.8. The number of aromatic nitrogens is 2. The molecule has 2 N–H and O–H groups in total. The van der Waals surface area contributed by atoms with Gasteiger partial charge in [-0.25, -0.2) is 4.98 Å². The normalized spacial score (nSPS) is 21.6. The van der Waals surface area contributed by atoms with Crippen LogP contribution in [0.4, 0.5) is 0 Å². The largest absolute Gasteiger partial charge is 0.330 e. The Balaban J connectivity index is 1.56. The highest BCUT2D eigenvalue weighted by molar-refractivity contribution is 9.10. The van der Waals surface area contributed by atoms with Gasteiger partial charge < -0.3 is 10.1 Å². The molecular weight excluding hydrogens is 364 g/mol.